The fraction of sp³-hybridized carbons (Fsp3) is 0.250. The van der Waals surface area contributed by atoms with Crippen molar-refractivity contribution in [2.45, 2.75) is 6.54 Å². The van der Waals surface area contributed by atoms with E-state index in [1.165, 1.54) is 0 Å². The predicted molar refractivity (Wildman–Crippen MR) is 74.8 cm³/mol. The molecule has 3 aromatic rings. The highest BCUT2D eigenvalue weighted by molar-refractivity contribution is 7.16. The van der Waals surface area contributed by atoms with Crippen LogP contribution >= 0.6 is 11.3 Å². The summed E-state index contributed by atoms with van der Waals surface area (Å²) in [5.74, 6) is 0.803. The second kappa shape index (κ2) is 5.33. The summed E-state index contributed by atoms with van der Waals surface area (Å²) >= 11 is 1.60. The normalized spacial score (nSPS) is 11.0. The van der Waals surface area contributed by atoms with Crippen LogP contribution in [0.2, 0.25) is 0 Å². The Hall–Kier alpha value is -1.99. The van der Waals surface area contributed by atoms with Gasteiger partial charge in [-0.05, 0) is 11.4 Å². The minimum atomic E-state index is 0.642. The van der Waals surface area contributed by atoms with Gasteiger partial charge in [0, 0.05) is 13.3 Å². The molecule has 1 N–H and O–H groups in total. The van der Waals surface area contributed by atoms with Gasteiger partial charge in [-0.2, -0.15) is 5.10 Å². The van der Waals surface area contributed by atoms with Crippen LogP contribution in [0.5, 0.6) is 0 Å². The Morgan fingerprint density at radius 1 is 1.42 bits per heavy atom. The van der Waals surface area contributed by atoms with E-state index in [0.29, 0.717) is 6.61 Å². The van der Waals surface area contributed by atoms with Gasteiger partial charge in [0.15, 0.2) is 0 Å². The molecule has 0 aliphatic rings. The van der Waals surface area contributed by atoms with E-state index in [1.807, 2.05) is 22.3 Å². The molecule has 3 heterocycles. The van der Waals surface area contributed by atoms with E-state index in [2.05, 4.69) is 20.4 Å². The molecule has 0 radical (unpaired) electrons. The lowest BCUT2D eigenvalue weighted by atomic mass is 10.4. The van der Waals surface area contributed by atoms with Crippen molar-refractivity contribution in [1.82, 2.24) is 19.7 Å². The summed E-state index contributed by atoms with van der Waals surface area (Å²) in [6, 6.07) is 2.01. The molecule has 0 unspecified atom stereocenters. The van der Waals surface area contributed by atoms with Crippen molar-refractivity contribution in [1.29, 1.82) is 0 Å². The van der Waals surface area contributed by atoms with E-state index < -0.39 is 0 Å². The van der Waals surface area contributed by atoms with E-state index in [-0.39, 0.29) is 0 Å². The number of hydrogen-bond acceptors (Lipinski definition) is 6. The Balaban J connectivity index is 1.81. The van der Waals surface area contributed by atoms with E-state index in [0.717, 1.165) is 28.3 Å². The molecule has 0 saturated heterocycles. The minimum absolute atomic E-state index is 0.642. The highest BCUT2D eigenvalue weighted by atomic mass is 32.1. The van der Waals surface area contributed by atoms with E-state index in [4.69, 9.17) is 4.74 Å². The quantitative estimate of drug-likeness (QED) is 0.774. The molecular formula is C12H13N5OS. The average Bonchev–Trinajstić information content (AvgIpc) is 3.05. The van der Waals surface area contributed by atoms with Gasteiger partial charge in [0.2, 0.25) is 0 Å². The monoisotopic (exact) mass is 275 g/mol. The van der Waals surface area contributed by atoms with Crippen LogP contribution < -0.4 is 5.32 Å². The molecule has 0 atom stereocenters. The minimum Gasteiger partial charge on any atom is -0.383 e. The summed E-state index contributed by atoms with van der Waals surface area (Å²) in [5, 5.41) is 10.5. The predicted octanol–water partition coefficient (Wildman–Crippen LogP) is 2.28. The van der Waals surface area contributed by atoms with Gasteiger partial charge in [-0.15, -0.1) is 11.3 Å². The Morgan fingerprint density at radius 2 is 2.37 bits per heavy atom. The molecule has 0 amide bonds. The molecule has 3 aromatic heterocycles. The summed E-state index contributed by atoms with van der Waals surface area (Å²) in [6.45, 7) is 1.37. The van der Waals surface area contributed by atoms with Crippen molar-refractivity contribution in [2.24, 2.45) is 0 Å². The summed E-state index contributed by atoms with van der Waals surface area (Å²) in [7, 11) is 1.68. The first-order chi connectivity index (χ1) is 9.36. The molecule has 0 saturated carbocycles. The lowest BCUT2D eigenvalue weighted by Gasteiger charge is -2.03. The van der Waals surface area contributed by atoms with Crippen LogP contribution in [0.3, 0.4) is 0 Å². The number of hydrogen-bond donors (Lipinski definition) is 1. The largest absolute Gasteiger partial charge is 0.383 e. The number of anilines is 2. The van der Waals surface area contributed by atoms with Crippen molar-refractivity contribution in [3.8, 4) is 0 Å². The van der Waals surface area contributed by atoms with Crippen LogP contribution in [0.1, 0.15) is 0 Å². The van der Waals surface area contributed by atoms with Crippen LogP contribution in [0, 0.1) is 0 Å². The standard InChI is InChI=1S/C12H13N5OS/c1-18-4-3-17-7-9(6-15-17)16-11-10-2-5-19-12(10)14-8-13-11/h2,5-8H,3-4H2,1H3,(H,13,14,16). The molecule has 19 heavy (non-hydrogen) atoms. The van der Waals surface area contributed by atoms with Crippen molar-refractivity contribution in [2.75, 3.05) is 19.0 Å². The Kier molecular flexibility index (Phi) is 3.39. The van der Waals surface area contributed by atoms with Crippen LogP contribution in [-0.2, 0) is 11.3 Å². The molecule has 0 spiro atoms. The van der Waals surface area contributed by atoms with Crippen molar-refractivity contribution in [3.63, 3.8) is 0 Å². The van der Waals surface area contributed by atoms with Crippen LogP contribution in [0.15, 0.2) is 30.2 Å². The zero-order valence-electron chi connectivity index (χ0n) is 10.4. The van der Waals surface area contributed by atoms with Crippen molar-refractivity contribution in [3.05, 3.63) is 30.2 Å². The number of fused-ring (bicyclic) bond motifs is 1. The van der Waals surface area contributed by atoms with Gasteiger partial charge in [0.05, 0.1) is 30.4 Å². The third-order valence-corrected chi connectivity index (χ3v) is 3.50. The van der Waals surface area contributed by atoms with Gasteiger partial charge in [0.25, 0.3) is 0 Å². The van der Waals surface area contributed by atoms with Crippen LogP contribution in [-0.4, -0.2) is 33.5 Å². The number of thiophene rings is 1. The summed E-state index contributed by atoms with van der Waals surface area (Å²) in [4.78, 5) is 9.46. The van der Waals surface area contributed by atoms with Crippen LogP contribution in [0.4, 0.5) is 11.5 Å². The fourth-order valence-corrected chi connectivity index (χ4v) is 2.49. The maximum Gasteiger partial charge on any atom is 0.142 e. The highest BCUT2D eigenvalue weighted by Gasteiger charge is 2.06. The van der Waals surface area contributed by atoms with E-state index in [1.54, 1.807) is 31.0 Å². The van der Waals surface area contributed by atoms with Crippen molar-refractivity contribution >= 4 is 33.1 Å². The maximum absolute atomic E-state index is 5.02. The molecule has 0 aromatic carbocycles. The first-order valence-electron chi connectivity index (χ1n) is 5.83. The maximum atomic E-state index is 5.02. The third-order valence-electron chi connectivity index (χ3n) is 2.68. The lowest BCUT2D eigenvalue weighted by Crippen LogP contribution is -2.03. The number of methoxy groups -OCH3 is 1. The number of nitrogens with zero attached hydrogens (tertiary/aromatic N) is 4. The van der Waals surface area contributed by atoms with E-state index in [9.17, 15) is 0 Å². The molecule has 98 valence electrons. The number of ether oxygens (including phenoxy) is 1. The molecule has 0 bridgehead atoms. The van der Waals surface area contributed by atoms with Crippen LogP contribution in [0.25, 0.3) is 10.2 Å². The molecular weight excluding hydrogens is 262 g/mol. The first kappa shape index (κ1) is 12.1. The Labute approximate surface area is 114 Å². The van der Waals surface area contributed by atoms with Gasteiger partial charge >= 0.3 is 0 Å². The molecule has 6 nitrogen and oxygen atoms in total. The van der Waals surface area contributed by atoms with Gasteiger partial charge in [-0.3, -0.25) is 4.68 Å². The smallest absolute Gasteiger partial charge is 0.142 e. The highest BCUT2D eigenvalue weighted by Crippen LogP contribution is 2.25. The molecule has 0 fully saturated rings. The van der Waals surface area contributed by atoms with Gasteiger partial charge in [0.1, 0.15) is 17.0 Å². The van der Waals surface area contributed by atoms with Gasteiger partial charge < -0.3 is 10.1 Å². The van der Waals surface area contributed by atoms with Gasteiger partial charge in [-0.25, -0.2) is 9.97 Å². The Morgan fingerprint density at radius 3 is 3.26 bits per heavy atom. The molecule has 3 rings (SSSR count). The number of nitrogens with one attached hydrogen (secondary N) is 1. The molecule has 0 aliphatic carbocycles. The zero-order chi connectivity index (χ0) is 13.1. The summed E-state index contributed by atoms with van der Waals surface area (Å²) in [5.41, 5.74) is 0.905. The molecule has 7 heteroatoms. The summed E-state index contributed by atoms with van der Waals surface area (Å²) < 4.78 is 6.85. The average molecular weight is 275 g/mol. The first-order valence-corrected chi connectivity index (χ1v) is 6.71. The zero-order valence-corrected chi connectivity index (χ0v) is 11.2. The number of aromatic nitrogens is 4. The number of rotatable bonds is 5. The van der Waals surface area contributed by atoms with Gasteiger partial charge in [-0.1, -0.05) is 0 Å². The molecule has 0 aliphatic heterocycles. The van der Waals surface area contributed by atoms with E-state index >= 15 is 0 Å². The second-order valence-corrected chi connectivity index (χ2v) is 4.87. The summed E-state index contributed by atoms with van der Waals surface area (Å²) in [6.07, 6.45) is 5.27. The SMILES string of the molecule is COCCn1cc(Nc2ncnc3sccc23)cn1. The Bertz CT molecular complexity index is 677. The topological polar surface area (TPSA) is 64.9 Å². The van der Waals surface area contributed by atoms with Crippen molar-refractivity contribution < 1.29 is 4.74 Å². The fourth-order valence-electron chi connectivity index (χ4n) is 1.76. The third kappa shape index (κ3) is 2.56. The second-order valence-electron chi connectivity index (χ2n) is 3.97. The lowest BCUT2D eigenvalue weighted by molar-refractivity contribution is 0.183.